The molecule has 1 N–H and O–H groups in total. The van der Waals surface area contributed by atoms with E-state index >= 15 is 0 Å². The van der Waals surface area contributed by atoms with E-state index in [1.807, 2.05) is 27.7 Å². The van der Waals surface area contributed by atoms with Crippen molar-refractivity contribution in [3.8, 4) is 0 Å². The zero-order chi connectivity index (χ0) is 11.6. The Kier molecular flexibility index (Phi) is 3.39. The Balaban J connectivity index is 2.82. The van der Waals surface area contributed by atoms with Gasteiger partial charge in [0, 0.05) is 18.9 Å². The summed E-state index contributed by atoms with van der Waals surface area (Å²) in [5.74, 6) is 0. The van der Waals surface area contributed by atoms with Crippen LogP contribution in [0, 0.1) is 5.41 Å². The standard InChI is InChI=1S/C11H20N2O2/c1-5-12-6-7-13(10(12)15)8-9(14)11(2,3)4/h6-7,9,14H,5,8H2,1-4H3. The van der Waals surface area contributed by atoms with Crippen molar-refractivity contribution in [2.24, 2.45) is 5.41 Å². The van der Waals surface area contributed by atoms with E-state index in [4.69, 9.17) is 0 Å². The lowest BCUT2D eigenvalue weighted by Crippen LogP contribution is -2.35. The molecule has 15 heavy (non-hydrogen) atoms. The van der Waals surface area contributed by atoms with Gasteiger partial charge in [-0.2, -0.15) is 0 Å². The zero-order valence-corrected chi connectivity index (χ0v) is 9.90. The number of nitrogens with zero attached hydrogens (tertiary/aromatic N) is 2. The molecule has 0 aliphatic rings. The van der Waals surface area contributed by atoms with Crippen LogP contribution in [-0.4, -0.2) is 20.3 Å². The lowest BCUT2D eigenvalue weighted by atomic mass is 9.89. The topological polar surface area (TPSA) is 47.2 Å². The number of hydrogen-bond acceptors (Lipinski definition) is 2. The third-order valence-corrected chi connectivity index (χ3v) is 2.63. The largest absolute Gasteiger partial charge is 0.391 e. The van der Waals surface area contributed by atoms with Crippen LogP contribution in [0.3, 0.4) is 0 Å². The summed E-state index contributed by atoms with van der Waals surface area (Å²) in [7, 11) is 0. The molecule has 1 atom stereocenters. The van der Waals surface area contributed by atoms with Gasteiger partial charge >= 0.3 is 5.69 Å². The number of hydrogen-bond donors (Lipinski definition) is 1. The lowest BCUT2D eigenvalue weighted by molar-refractivity contribution is 0.0471. The summed E-state index contributed by atoms with van der Waals surface area (Å²) in [6.07, 6.45) is 2.96. The van der Waals surface area contributed by atoms with Crippen LogP contribution in [0.2, 0.25) is 0 Å². The minimum absolute atomic E-state index is 0.0548. The third-order valence-electron chi connectivity index (χ3n) is 2.63. The molecular formula is C11H20N2O2. The van der Waals surface area contributed by atoms with E-state index in [1.54, 1.807) is 21.5 Å². The Labute approximate surface area is 90.2 Å². The average Bonchev–Trinajstić information content (AvgIpc) is 2.46. The van der Waals surface area contributed by atoms with Crippen molar-refractivity contribution in [3.05, 3.63) is 22.9 Å². The minimum atomic E-state index is -0.511. The normalized spacial score (nSPS) is 14.2. The quantitative estimate of drug-likeness (QED) is 0.815. The van der Waals surface area contributed by atoms with Crippen LogP contribution in [0.4, 0.5) is 0 Å². The first-order valence-electron chi connectivity index (χ1n) is 5.30. The second-order valence-electron chi connectivity index (χ2n) is 4.90. The van der Waals surface area contributed by atoms with E-state index in [1.165, 1.54) is 0 Å². The highest BCUT2D eigenvalue weighted by molar-refractivity contribution is 4.84. The fourth-order valence-electron chi connectivity index (χ4n) is 1.29. The van der Waals surface area contributed by atoms with Crippen LogP contribution >= 0.6 is 0 Å². The highest BCUT2D eigenvalue weighted by Crippen LogP contribution is 2.19. The van der Waals surface area contributed by atoms with Gasteiger partial charge in [-0.25, -0.2) is 4.79 Å². The van der Waals surface area contributed by atoms with Crippen molar-refractivity contribution < 1.29 is 5.11 Å². The molecule has 1 rings (SSSR count). The summed E-state index contributed by atoms with van der Waals surface area (Å²) in [5.41, 5.74) is -0.255. The first kappa shape index (κ1) is 12.0. The van der Waals surface area contributed by atoms with Crippen LogP contribution in [-0.2, 0) is 13.1 Å². The van der Waals surface area contributed by atoms with Crippen LogP contribution < -0.4 is 5.69 Å². The maximum atomic E-state index is 11.7. The van der Waals surface area contributed by atoms with Gasteiger partial charge in [0.25, 0.3) is 0 Å². The van der Waals surface area contributed by atoms with Crippen LogP contribution in [0.5, 0.6) is 0 Å². The van der Waals surface area contributed by atoms with Gasteiger partial charge in [-0.05, 0) is 12.3 Å². The van der Waals surface area contributed by atoms with Crippen molar-refractivity contribution in [2.75, 3.05) is 0 Å². The van der Waals surface area contributed by atoms with Crippen molar-refractivity contribution in [1.29, 1.82) is 0 Å². The van der Waals surface area contributed by atoms with Crippen LogP contribution in [0.15, 0.2) is 17.2 Å². The minimum Gasteiger partial charge on any atom is -0.391 e. The van der Waals surface area contributed by atoms with Gasteiger partial charge in [0.2, 0.25) is 0 Å². The summed E-state index contributed by atoms with van der Waals surface area (Å²) in [4.78, 5) is 11.7. The van der Waals surface area contributed by atoms with Gasteiger partial charge in [-0.3, -0.25) is 9.13 Å². The molecule has 0 radical (unpaired) electrons. The predicted octanol–water partition coefficient (Wildman–Crippen LogP) is 1.08. The van der Waals surface area contributed by atoms with Crippen LogP contribution in [0.25, 0.3) is 0 Å². The van der Waals surface area contributed by atoms with Gasteiger partial charge in [0.15, 0.2) is 0 Å². The Morgan fingerprint density at radius 2 is 1.87 bits per heavy atom. The number of aliphatic hydroxyl groups is 1. The molecule has 0 fully saturated rings. The molecule has 0 amide bonds. The molecule has 0 aliphatic heterocycles. The van der Waals surface area contributed by atoms with Crippen molar-refractivity contribution in [2.45, 2.75) is 46.9 Å². The van der Waals surface area contributed by atoms with Gasteiger partial charge in [-0.15, -0.1) is 0 Å². The van der Waals surface area contributed by atoms with E-state index in [-0.39, 0.29) is 11.1 Å². The maximum absolute atomic E-state index is 11.7. The fourth-order valence-corrected chi connectivity index (χ4v) is 1.29. The molecule has 0 saturated carbocycles. The predicted molar refractivity (Wildman–Crippen MR) is 59.8 cm³/mol. The number of aliphatic hydroxyl groups excluding tert-OH is 1. The highest BCUT2D eigenvalue weighted by Gasteiger charge is 2.22. The Bertz CT molecular complexity index is 371. The molecule has 4 nitrogen and oxygen atoms in total. The number of rotatable bonds is 3. The molecule has 4 heteroatoms. The average molecular weight is 212 g/mol. The van der Waals surface area contributed by atoms with Gasteiger partial charge in [0.1, 0.15) is 0 Å². The molecule has 1 aromatic rings. The molecule has 0 saturated heterocycles. The third kappa shape index (κ3) is 2.72. The smallest absolute Gasteiger partial charge is 0.328 e. The Hall–Kier alpha value is -1.03. The summed E-state index contributed by atoms with van der Waals surface area (Å²) in [6.45, 7) is 8.82. The molecule has 0 aromatic carbocycles. The van der Waals surface area contributed by atoms with E-state index in [9.17, 15) is 9.90 Å². The van der Waals surface area contributed by atoms with Gasteiger partial charge < -0.3 is 5.11 Å². The van der Waals surface area contributed by atoms with Crippen molar-refractivity contribution in [1.82, 2.24) is 9.13 Å². The summed E-state index contributed by atoms with van der Waals surface area (Å²) < 4.78 is 3.18. The maximum Gasteiger partial charge on any atom is 0.328 e. The van der Waals surface area contributed by atoms with E-state index in [0.29, 0.717) is 13.1 Å². The molecule has 0 spiro atoms. The monoisotopic (exact) mass is 212 g/mol. The van der Waals surface area contributed by atoms with E-state index in [2.05, 4.69) is 0 Å². The van der Waals surface area contributed by atoms with Crippen molar-refractivity contribution in [3.63, 3.8) is 0 Å². The zero-order valence-electron chi connectivity index (χ0n) is 9.90. The molecule has 1 unspecified atom stereocenters. The lowest BCUT2D eigenvalue weighted by Gasteiger charge is -2.25. The number of aryl methyl sites for hydroxylation is 1. The molecule has 1 aromatic heterocycles. The number of aromatic nitrogens is 2. The molecule has 0 aliphatic carbocycles. The Morgan fingerprint density at radius 1 is 1.33 bits per heavy atom. The molecule has 0 bridgehead atoms. The second kappa shape index (κ2) is 4.23. The summed E-state index contributed by atoms with van der Waals surface area (Å²) in [6, 6.07) is 0. The summed E-state index contributed by atoms with van der Waals surface area (Å²) in [5, 5.41) is 9.88. The SMILES string of the molecule is CCn1ccn(CC(O)C(C)(C)C)c1=O. The number of imidazole rings is 1. The second-order valence-corrected chi connectivity index (χ2v) is 4.90. The molecular weight excluding hydrogens is 192 g/mol. The molecule has 1 heterocycles. The molecule has 86 valence electrons. The van der Waals surface area contributed by atoms with E-state index < -0.39 is 6.10 Å². The Morgan fingerprint density at radius 3 is 2.27 bits per heavy atom. The van der Waals surface area contributed by atoms with Gasteiger partial charge in [0.05, 0.1) is 12.6 Å². The fraction of sp³-hybridized carbons (Fsp3) is 0.727. The van der Waals surface area contributed by atoms with E-state index in [0.717, 1.165) is 0 Å². The highest BCUT2D eigenvalue weighted by atomic mass is 16.3. The first-order chi connectivity index (χ1) is 6.86. The van der Waals surface area contributed by atoms with Gasteiger partial charge in [-0.1, -0.05) is 20.8 Å². The van der Waals surface area contributed by atoms with Crippen LogP contribution in [0.1, 0.15) is 27.7 Å². The van der Waals surface area contributed by atoms with Crippen molar-refractivity contribution >= 4 is 0 Å². The first-order valence-corrected chi connectivity index (χ1v) is 5.30. The summed E-state index contributed by atoms with van der Waals surface area (Å²) >= 11 is 0.